The minimum absolute atomic E-state index is 0.0134. The van der Waals surface area contributed by atoms with Gasteiger partial charge >= 0.3 is 0 Å². The predicted molar refractivity (Wildman–Crippen MR) is 138 cm³/mol. The molecule has 0 unspecified atom stereocenters. The number of nitrogens with one attached hydrogen (secondary N) is 1. The SMILES string of the molecule is CC(C)N1CCN(c2cncc(-c3cn(-c4c(F)ccc(NS(=O)(=O)c5ccoc5)c4Cl)nn3)c2)CC1. The number of hydrogen-bond donors (Lipinski definition) is 1. The van der Waals surface area contributed by atoms with Crippen molar-refractivity contribution in [1.82, 2.24) is 24.9 Å². The first kappa shape index (κ1) is 25.2. The van der Waals surface area contributed by atoms with Crippen molar-refractivity contribution in [2.75, 3.05) is 35.8 Å². The lowest BCUT2D eigenvalue weighted by molar-refractivity contribution is 0.209. The average molecular weight is 546 g/mol. The van der Waals surface area contributed by atoms with E-state index in [0.29, 0.717) is 17.3 Å². The van der Waals surface area contributed by atoms with Gasteiger partial charge in [-0.05, 0) is 38.1 Å². The van der Waals surface area contributed by atoms with E-state index >= 15 is 0 Å². The lowest BCUT2D eigenvalue weighted by Crippen LogP contribution is -2.48. The van der Waals surface area contributed by atoms with Gasteiger partial charge in [0, 0.05) is 44.0 Å². The topological polar surface area (TPSA) is 109 Å². The number of furan rings is 1. The van der Waals surface area contributed by atoms with Gasteiger partial charge in [0.05, 0.1) is 35.1 Å². The van der Waals surface area contributed by atoms with Crippen LogP contribution in [0, 0.1) is 5.82 Å². The van der Waals surface area contributed by atoms with Crippen molar-refractivity contribution in [3.8, 4) is 16.9 Å². The molecule has 13 heteroatoms. The van der Waals surface area contributed by atoms with E-state index in [1.54, 1.807) is 6.20 Å². The Bertz CT molecular complexity index is 1500. The van der Waals surface area contributed by atoms with Gasteiger partial charge in [-0.2, -0.15) is 0 Å². The van der Waals surface area contributed by atoms with Crippen molar-refractivity contribution in [1.29, 1.82) is 0 Å². The summed E-state index contributed by atoms with van der Waals surface area (Å²) in [6.07, 6.45) is 7.31. The van der Waals surface area contributed by atoms with Gasteiger partial charge in [0.1, 0.15) is 22.5 Å². The molecule has 5 rings (SSSR count). The standard InChI is InChI=1S/C24H25ClFN7O3S/c1-16(2)31-6-8-32(9-7-31)18-11-17(12-27-13-18)22-14-33(30-28-22)24-20(26)3-4-21(23(24)25)29-37(34,35)19-5-10-36-15-19/h3-5,10-16,29H,6-9H2,1-2H3. The van der Waals surface area contributed by atoms with Gasteiger partial charge in [-0.1, -0.05) is 16.8 Å². The number of halogens is 2. The zero-order valence-electron chi connectivity index (χ0n) is 20.2. The number of rotatable bonds is 7. The highest BCUT2D eigenvalue weighted by molar-refractivity contribution is 7.92. The molecule has 0 radical (unpaired) electrons. The van der Waals surface area contributed by atoms with Crippen molar-refractivity contribution in [3.63, 3.8) is 0 Å². The quantitative estimate of drug-likeness (QED) is 0.370. The fourth-order valence-electron chi connectivity index (χ4n) is 4.18. The number of aromatic nitrogens is 4. The van der Waals surface area contributed by atoms with Crippen LogP contribution in [0.15, 0.2) is 64.7 Å². The number of hydrogen-bond acceptors (Lipinski definition) is 8. The molecule has 1 saturated heterocycles. The van der Waals surface area contributed by atoms with Crippen molar-refractivity contribution < 1.29 is 17.2 Å². The van der Waals surface area contributed by atoms with Crippen molar-refractivity contribution in [2.45, 2.75) is 24.8 Å². The van der Waals surface area contributed by atoms with Crippen LogP contribution in [0.2, 0.25) is 5.02 Å². The number of piperazine rings is 1. The second kappa shape index (κ2) is 10.1. The van der Waals surface area contributed by atoms with E-state index in [1.807, 2.05) is 12.3 Å². The summed E-state index contributed by atoms with van der Waals surface area (Å²) in [4.78, 5) is 8.98. The molecule has 3 aromatic heterocycles. The molecule has 1 N–H and O–H groups in total. The molecule has 37 heavy (non-hydrogen) atoms. The number of anilines is 2. The Balaban J connectivity index is 1.40. The molecule has 0 bridgehead atoms. The Kier molecular flexibility index (Phi) is 6.88. The van der Waals surface area contributed by atoms with Gasteiger partial charge in [0.25, 0.3) is 10.0 Å². The first-order valence-corrected chi connectivity index (χ1v) is 13.5. The van der Waals surface area contributed by atoms with Crippen LogP contribution in [-0.4, -0.2) is 65.5 Å². The Morgan fingerprint density at radius 3 is 2.62 bits per heavy atom. The number of benzene rings is 1. The number of nitrogens with zero attached hydrogens (tertiary/aromatic N) is 6. The Labute approximate surface area is 218 Å². The second-order valence-corrected chi connectivity index (χ2v) is 11.0. The number of sulfonamides is 1. The smallest absolute Gasteiger partial charge is 0.265 e. The maximum Gasteiger partial charge on any atom is 0.265 e. The summed E-state index contributed by atoms with van der Waals surface area (Å²) >= 11 is 6.43. The zero-order valence-corrected chi connectivity index (χ0v) is 21.7. The van der Waals surface area contributed by atoms with Crippen LogP contribution in [0.5, 0.6) is 0 Å². The highest BCUT2D eigenvalue weighted by atomic mass is 35.5. The van der Waals surface area contributed by atoms with E-state index < -0.39 is 15.8 Å². The maximum absolute atomic E-state index is 14.8. The predicted octanol–water partition coefficient (Wildman–Crippen LogP) is 4.05. The van der Waals surface area contributed by atoms with Crippen LogP contribution in [0.3, 0.4) is 0 Å². The van der Waals surface area contributed by atoms with E-state index in [4.69, 9.17) is 16.0 Å². The van der Waals surface area contributed by atoms with Crippen LogP contribution >= 0.6 is 11.6 Å². The molecule has 0 atom stereocenters. The minimum Gasteiger partial charge on any atom is -0.471 e. The summed E-state index contributed by atoms with van der Waals surface area (Å²) in [6.45, 7) is 8.10. The molecule has 4 heterocycles. The molecule has 0 amide bonds. The van der Waals surface area contributed by atoms with E-state index in [2.05, 4.69) is 43.7 Å². The lowest BCUT2D eigenvalue weighted by Gasteiger charge is -2.38. The van der Waals surface area contributed by atoms with Crippen LogP contribution in [0.1, 0.15) is 13.8 Å². The molecule has 1 aliphatic rings. The Morgan fingerprint density at radius 2 is 1.92 bits per heavy atom. The van der Waals surface area contributed by atoms with Crippen molar-refractivity contribution >= 4 is 33.0 Å². The molecule has 1 aromatic carbocycles. The monoisotopic (exact) mass is 545 g/mol. The van der Waals surface area contributed by atoms with Gasteiger partial charge in [0.15, 0.2) is 5.82 Å². The minimum atomic E-state index is -3.98. The van der Waals surface area contributed by atoms with E-state index in [9.17, 15) is 12.8 Å². The highest BCUT2D eigenvalue weighted by Gasteiger charge is 2.23. The van der Waals surface area contributed by atoms with Crippen LogP contribution < -0.4 is 9.62 Å². The summed E-state index contributed by atoms with van der Waals surface area (Å²) in [6, 6.07) is 6.11. The zero-order chi connectivity index (χ0) is 26.2. The first-order chi connectivity index (χ1) is 17.7. The largest absolute Gasteiger partial charge is 0.471 e. The molecular formula is C24H25ClFN7O3S. The maximum atomic E-state index is 14.8. The molecule has 10 nitrogen and oxygen atoms in total. The third kappa shape index (κ3) is 5.17. The molecule has 1 aliphatic heterocycles. The van der Waals surface area contributed by atoms with E-state index in [0.717, 1.165) is 44.2 Å². The lowest BCUT2D eigenvalue weighted by atomic mass is 10.2. The molecule has 0 saturated carbocycles. The van der Waals surface area contributed by atoms with Gasteiger partial charge in [-0.15, -0.1) is 5.10 Å². The van der Waals surface area contributed by atoms with E-state index in [-0.39, 0.29) is 21.3 Å². The Hall–Kier alpha value is -3.48. The van der Waals surface area contributed by atoms with Crippen LogP contribution in [0.4, 0.5) is 15.8 Å². The summed E-state index contributed by atoms with van der Waals surface area (Å²) in [5.74, 6) is -0.692. The molecule has 4 aromatic rings. The molecule has 0 aliphatic carbocycles. The van der Waals surface area contributed by atoms with Crippen molar-refractivity contribution in [2.24, 2.45) is 0 Å². The van der Waals surface area contributed by atoms with Gasteiger partial charge in [-0.25, -0.2) is 17.5 Å². The Morgan fingerprint density at radius 1 is 1.14 bits per heavy atom. The molecule has 1 fully saturated rings. The summed E-state index contributed by atoms with van der Waals surface area (Å²) < 4.78 is 48.4. The highest BCUT2D eigenvalue weighted by Crippen LogP contribution is 2.33. The summed E-state index contributed by atoms with van der Waals surface area (Å²) in [7, 11) is -3.98. The van der Waals surface area contributed by atoms with Crippen LogP contribution in [0.25, 0.3) is 16.9 Å². The fraction of sp³-hybridized carbons (Fsp3) is 0.292. The number of pyridine rings is 1. The second-order valence-electron chi connectivity index (χ2n) is 8.92. The molecule has 194 valence electrons. The van der Waals surface area contributed by atoms with Gasteiger partial charge < -0.3 is 9.32 Å². The fourth-order valence-corrected chi connectivity index (χ4v) is 5.52. The first-order valence-electron chi connectivity index (χ1n) is 11.6. The molecular weight excluding hydrogens is 521 g/mol. The normalized spacial score (nSPS) is 14.9. The third-order valence-corrected chi connectivity index (χ3v) is 7.99. The van der Waals surface area contributed by atoms with Gasteiger partial charge in [0.2, 0.25) is 0 Å². The van der Waals surface area contributed by atoms with E-state index in [1.165, 1.54) is 29.3 Å². The average Bonchev–Trinajstić information content (AvgIpc) is 3.60. The molecule has 0 spiro atoms. The van der Waals surface area contributed by atoms with Crippen molar-refractivity contribution in [3.05, 3.63) is 66.2 Å². The van der Waals surface area contributed by atoms with Gasteiger partial charge in [-0.3, -0.25) is 14.6 Å². The third-order valence-electron chi connectivity index (χ3n) is 6.27. The van der Waals surface area contributed by atoms with Crippen LogP contribution in [-0.2, 0) is 10.0 Å². The summed E-state index contributed by atoms with van der Waals surface area (Å²) in [5.41, 5.74) is 2.00. The summed E-state index contributed by atoms with van der Waals surface area (Å²) in [5, 5.41) is 8.06.